The number of hydrogen-bond donors (Lipinski definition) is 1. The van der Waals surface area contributed by atoms with E-state index in [1.165, 1.54) is 11.0 Å². The number of thiocarbonyl (C=S) groups is 1. The molecule has 1 amide bonds. The summed E-state index contributed by atoms with van der Waals surface area (Å²) in [6.45, 7) is 1.08. The molecule has 3 heterocycles. The van der Waals surface area contributed by atoms with Crippen molar-refractivity contribution in [3.05, 3.63) is 59.2 Å². The van der Waals surface area contributed by atoms with Crippen LogP contribution in [-0.4, -0.2) is 35.2 Å². The second kappa shape index (κ2) is 8.30. The number of carbonyl (C=O) groups is 1. The predicted octanol–water partition coefficient (Wildman–Crippen LogP) is 3.37. The van der Waals surface area contributed by atoms with E-state index in [0.717, 1.165) is 25.0 Å². The minimum absolute atomic E-state index is 0.00253. The average molecular weight is 420 g/mol. The third-order valence-electron chi connectivity index (χ3n) is 4.61. The minimum atomic E-state index is -0.792. The first-order valence-corrected chi connectivity index (χ1v) is 9.53. The molecule has 1 N–H and O–H groups in total. The molecule has 9 heteroatoms. The van der Waals surface area contributed by atoms with Crippen molar-refractivity contribution in [2.24, 2.45) is 0 Å². The molecule has 0 aliphatic carbocycles. The Kier molecular flexibility index (Phi) is 5.59. The van der Waals surface area contributed by atoms with Crippen LogP contribution in [0.4, 0.5) is 8.78 Å². The van der Waals surface area contributed by atoms with Gasteiger partial charge >= 0.3 is 0 Å². The van der Waals surface area contributed by atoms with Gasteiger partial charge in [0.25, 0.3) is 5.91 Å². The summed E-state index contributed by atoms with van der Waals surface area (Å²) in [5, 5.41) is 3.23. The number of nitrogens with zero attached hydrogens (tertiary/aromatic N) is 1. The van der Waals surface area contributed by atoms with Crippen molar-refractivity contribution in [2.75, 3.05) is 13.2 Å². The standard InChI is InChI=1S/C20H18F2N2O4S/c21-12-3-6-18(16(22)8-12)27-11-15-5-4-13(28-15)9-17-19(25)24(20(29)23-17)10-14-2-1-7-26-14/h3-6,8-9,14H,1-2,7,10-11H2,(H,23,29)/b17-9+. The van der Waals surface area contributed by atoms with Crippen LogP contribution in [0.1, 0.15) is 24.4 Å². The van der Waals surface area contributed by atoms with Crippen molar-refractivity contribution < 1.29 is 27.5 Å². The summed E-state index contributed by atoms with van der Waals surface area (Å²) in [6, 6.07) is 6.37. The van der Waals surface area contributed by atoms with Gasteiger partial charge in [-0.25, -0.2) is 8.78 Å². The Balaban J connectivity index is 1.39. The maximum Gasteiger partial charge on any atom is 0.276 e. The van der Waals surface area contributed by atoms with E-state index in [2.05, 4.69) is 5.32 Å². The van der Waals surface area contributed by atoms with Crippen LogP contribution in [0, 0.1) is 11.6 Å². The van der Waals surface area contributed by atoms with Crippen molar-refractivity contribution in [1.29, 1.82) is 0 Å². The number of halogens is 2. The average Bonchev–Trinajstić information content (AvgIpc) is 3.40. The highest BCUT2D eigenvalue weighted by Crippen LogP contribution is 2.22. The Morgan fingerprint density at radius 2 is 2.17 bits per heavy atom. The van der Waals surface area contributed by atoms with Crippen molar-refractivity contribution in [1.82, 2.24) is 10.2 Å². The molecule has 6 nitrogen and oxygen atoms in total. The summed E-state index contributed by atoms with van der Waals surface area (Å²) in [6.07, 6.45) is 3.43. The highest BCUT2D eigenvalue weighted by molar-refractivity contribution is 7.80. The highest BCUT2D eigenvalue weighted by atomic mass is 32.1. The van der Waals surface area contributed by atoms with Gasteiger partial charge in [0.2, 0.25) is 0 Å². The van der Waals surface area contributed by atoms with Gasteiger partial charge in [-0.3, -0.25) is 9.69 Å². The first-order chi connectivity index (χ1) is 14.0. The number of furan rings is 1. The molecule has 2 saturated heterocycles. The molecule has 1 aromatic heterocycles. The lowest BCUT2D eigenvalue weighted by Crippen LogP contribution is -2.37. The van der Waals surface area contributed by atoms with E-state index in [1.54, 1.807) is 18.2 Å². The second-order valence-corrected chi connectivity index (χ2v) is 7.09. The normalized spacial score (nSPS) is 20.6. The van der Waals surface area contributed by atoms with Crippen LogP contribution in [0.15, 0.2) is 40.4 Å². The van der Waals surface area contributed by atoms with Crippen LogP contribution in [-0.2, 0) is 16.1 Å². The minimum Gasteiger partial charge on any atom is -0.483 e. The smallest absolute Gasteiger partial charge is 0.276 e. The molecule has 0 saturated carbocycles. The molecule has 2 fully saturated rings. The molecule has 1 unspecified atom stereocenters. The van der Waals surface area contributed by atoms with E-state index < -0.39 is 11.6 Å². The van der Waals surface area contributed by atoms with Crippen molar-refractivity contribution >= 4 is 29.3 Å². The molecule has 0 radical (unpaired) electrons. The molecule has 0 spiro atoms. The largest absolute Gasteiger partial charge is 0.483 e. The monoisotopic (exact) mass is 420 g/mol. The summed E-state index contributed by atoms with van der Waals surface area (Å²) >= 11 is 5.25. The van der Waals surface area contributed by atoms with Crippen LogP contribution in [0.25, 0.3) is 6.08 Å². The zero-order valence-electron chi connectivity index (χ0n) is 15.3. The van der Waals surface area contributed by atoms with E-state index in [0.29, 0.717) is 35.5 Å². The molecule has 2 aliphatic heterocycles. The van der Waals surface area contributed by atoms with Gasteiger partial charge in [0.05, 0.1) is 12.6 Å². The first kappa shape index (κ1) is 19.5. The summed E-state index contributed by atoms with van der Waals surface area (Å²) in [5.41, 5.74) is 0.305. The molecule has 0 bridgehead atoms. The van der Waals surface area contributed by atoms with Gasteiger partial charge in [-0.15, -0.1) is 0 Å². The number of rotatable bonds is 6. The molecule has 2 aromatic rings. The Labute approximate surface area is 171 Å². The van der Waals surface area contributed by atoms with E-state index >= 15 is 0 Å². The summed E-state index contributed by atoms with van der Waals surface area (Å²) in [7, 11) is 0. The van der Waals surface area contributed by atoms with Crippen LogP contribution in [0.2, 0.25) is 0 Å². The zero-order valence-corrected chi connectivity index (χ0v) is 16.1. The second-order valence-electron chi connectivity index (χ2n) is 6.71. The lowest BCUT2D eigenvalue weighted by atomic mass is 10.2. The predicted molar refractivity (Wildman–Crippen MR) is 104 cm³/mol. The Hall–Kier alpha value is -2.78. The fourth-order valence-corrected chi connectivity index (χ4v) is 3.43. The lowest BCUT2D eigenvalue weighted by Gasteiger charge is -2.18. The van der Waals surface area contributed by atoms with E-state index in [-0.39, 0.29) is 24.4 Å². The Bertz CT molecular complexity index is 969. The van der Waals surface area contributed by atoms with Gasteiger partial charge < -0.3 is 19.2 Å². The van der Waals surface area contributed by atoms with Crippen molar-refractivity contribution in [2.45, 2.75) is 25.6 Å². The molecular formula is C20H18F2N2O4S. The maximum atomic E-state index is 13.6. The third-order valence-corrected chi connectivity index (χ3v) is 4.93. The lowest BCUT2D eigenvalue weighted by molar-refractivity contribution is -0.123. The van der Waals surface area contributed by atoms with Gasteiger partial charge in [0.15, 0.2) is 16.7 Å². The van der Waals surface area contributed by atoms with Crippen molar-refractivity contribution in [3.8, 4) is 5.75 Å². The van der Waals surface area contributed by atoms with Gasteiger partial charge in [-0.1, -0.05) is 0 Å². The van der Waals surface area contributed by atoms with Crippen molar-refractivity contribution in [3.63, 3.8) is 0 Å². The van der Waals surface area contributed by atoms with Gasteiger partial charge in [0, 0.05) is 18.7 Å². The summed E-state index contributed by atoms with van der Waals surface area (Å²) < 4.78 is 43.0. The number of hydrogen-bond acceptors (Lipinski definition) is 5. The summed E-state index contributed by atoms with van der Waals surface area (Å²) in [5.74, 6) is -0.953. The van der Waals surface area contributed by atoms with E-state index in [1.807, 2.05) is 0 Å². The Morgan fingerprint density at radius 1 is 1.31 bits per heavy atom. The van der Waals surface area contributed by atoms with Crippen LogP contribution in [0.5, 0.6) is 5.75 Å². The number of benzene rings is 1. The highest BCUT2D eigenvalue weighted by Gasteiger charge is 2.33. The number of nitrogens with one attached hydrogen (secondary N) is 1. The van der Waals surface area contributed by atoms with E-state index in [9.17, 15) is 13.6 Å². The van der Waals surface area contributed by atoms with Gasteiger partial charge in [0.1, 0.15) is 29.6 Å². The fourth-order valence-electron chi connectivity index (χ4n) is 3.16. The molecule has 1 aromatic carbocycles. The van der Waals surface area contributed by atoms with Crippen LogP contribution >= 0.6 is 12.2 Å². The van der Waals surface area contributed by atoms with Crippen LogP contribution < -0.4 is 10.1 Å². The fraction of sp³-hybridized carbons (Fsp3) is 0.300. The van der Waals surface area contributed by atoms with E-state index in [4.69, 9.17) is 26.1 Å². The molecule has 152 valence electrons. The topological polar surface area (TPSA) is 63.9 Å². The number of amides is 1. The van der Waals surface area contributed by atoms with Gasteiger partial charge in [-0.05, 0) is 49.3 Å². The quantitative estimate of drug-likeness (QED) is 0.571. The number of ether oxygens (including phenoxy) is 2. The first-order valence-electron chi connectivity index (χ1n) is 9.12. The maximum absolute atomic E-state index is 13.6. The molecule has 2 aliphatic rings. The third kappa shape index (κ3) is 4.46. The van der Waals surface area contributed by atoms with Crippen LogP contribution in [0.3, 0.4) is 0 Å². The molecular weight excluding hydrogens is 402 g/mol. The Morgan fingerprint density at radius 3 is 2.93 bits per heavy atom. The zero-order chi connectivity index (χ0) is 20.4. The molecule has 29 heavy (non-hydrogen) atoms. The summed E-state index contributed by atoms with van der Waals surface area (Å²) in [4.78, 5) is 14.1. The SMILES string of the molecule is O=C1/C(=C\c2ccc(COc3ccc(F)cc3F)o2)NC(=S)N1CC1CCCO1. The molecule has 4 rings (SSSR count). The number of carbonyl (C=O) groups excluding carboxylic acids is 1. The molecule has 1 atom stereocenters. The van der Waals surface area contributed by atoms with Gasteiger partial charge in [-0.2, -0.15) is 0 Å².